The molecule has 3 aromatic rings. The highest BCUT2D eigenvalue weighted by Gasteiger charge is 2.16. The van der Waals surface area contributed by atoms with E-state index in [1.807, 2.05) is 36.4 Å². The van der Waals surface area contributed by atoms with Crippen molar-refractivity contribution in [3.8, 4) is 0 Å². The monoisotopic (exact) mass is 337 g/mol. The number of aromatic amines is 1. The van der Waals surface area contributed by atoms with E-state index >= 15 is 0 Å². The number of nitrogens with one attached hydrogen (secondary N) is 2. The summed E-state index contributed by atoms with van der Waals surface area (Å²) in [5.41, 5.74) is 1.98. The molecule has 1 heterocycles. The van der Waals surface area contributed by atoms with E-state index in [0.29, 0.717) is 29.6 Å². The van der Waals surface area contributed by atoms with Crippen LogP contribution in [0, 0.1) is 0 Å². The molecule has 3 rings (SSSR count). The zero-order valence-corrected chi connectivity index (χ0v) is 14.4. The number of carbonyl (C=O) groups excluding carboxylic acids is 1. The molecule has 2 N–H and O–H groups in total. The normalized spacial score (nSPS) is 10.9. The van der Waals surface area contributed by atoms with Gasteiger partial charge in [-0.3, -0.25) is 14.7 Å². The number of H-pyrrole nitrogens is 1. The molecule has 0 aliphatic carbocycles. The first kappa shape index (κ1) is 17.0. The molecule has 0 atom stereocenters. The van der Waals surface area contributed by atoms with Crippen LogP contribution in [0.3, 0.4) is 0 Å². The standard InChI is InChI=1S/C20H23N3O2/c1-2-3-7-13-21-19(24)16-11-8-12-17-18(16)20(25)23(22-17)14-15-9-5-4-6-10-15/h4-6,8-12,22H,2-3,7,13-14H2,1H3,(H,21,24). The van der Waals surface area contributed by atoms with Gasteiger partial charge in [0.05, 0.1) is 23.0 Å². The summed E-state index contributed by atoms with van der Waals surface area (Å²) in [6, 6.07) is 15.1. The maximum atomic E-state index is 12.8. The van der Waals surface area contributed by atoms with Gasteiger partial charge >= 0.3 is 0 Å². The number of fused-ring (bicyclic) bond motifs is 1. The first-order valence-electron chi connectivity index (χ1n) is 8.74. The highest BCUT2D eigenvalue weighted by molar-refractivity contribution is 6.06. The van der Waals surface area contributed by atoms with Gasteiger partial charge in [0.1, 0.15) is 0 Å². The van der Waals surface area contributed by atoms with Gasteiger partial charge in [-0.1, -0.05) is 56.2 Å². The van der Waals surface area contributed by atoms with Gasteiger partial charge in [-0.15, -0.1) is 0 Å². The van der Waals surface area contributed by atoms with Crippen LogP contribution in [0.5, 0.6) is 0 Å². The van der Waals surface area contributed by atoms with E-state index in [9.17, 15) is 9.59 Å². The van der Waals surface area contributed by atoms with Crippen molar-refractivity contribution in [3.63, 3.8) is 0 Å². The van der Waals surface area contributed by atoms with Gasteiger partial charge in [0, 0.05) is 6.54 Å². The van der Waals surface area contributed by atoms with Crippen molar-refractivity contribution in [1.29, 1.82) is 0 Å². The van der Waals surface area contributed by atoms with Crippen molar-refractivity contribution in [2.75, 3.05) is 6.54 Å². The van der Waals surface area contributed by atoms with Crippen molar-refractivity contribution < 1.29 is 4.79 Å². The van der Waals surface area contributed by atoms with Gasteiger partial charge in [-0.25, -0.2) is 4.68 Å². The molecule has 2 aromatic carbocycles. The summed E-state index contributed by atoms with van der Waals surface area (Å²) < 4.78 is 1.55. The Morgan fingerprint density at radius 1 is 1.08 bits per heavy atom. The Morgan fingerprint density at radius 3 is 2.64 bits per heavy atom. The van der Waals surface area contributed by atoms with Crippen LogP contribution in [0.1, 0.15) is 42.1 Å². The molecular formula is C20H23N3O2. The van der Waals surface area contributed by atoms with E-state index in [1.54, 1.807) is 16.8 Å². The maximum Gasteiger partial charge on any atom is 0.275 e. The van der Waals surface area contributed by atoms with Crippen molar-refractivity contribution in [2.24, 2.45) is 0 Å². The third-order valence-electron chi connectivity index (χ3n) is 4.27. The number of hydrogen-bond donors (Lipinski definition) is 2. The molecule has 0 aliphatic heterocycles. The number of nitrogens with zero attached hydrogens (tertiary/aromatic N) is 1. The third kappa shape index (κ3) is 3.82. The van der Waals surface area contributed by atoms with Gasteiger partial charge in [-0.05, 0) is 24.1 Å². The molecule has 130 valence electrons. The Kier molecular flexibility index (Phi) is 5.33. The highest BCUT2D eigenvalue weighted by atomic mass is 16.2. The number of rotatable bonds is 7. The van der Waals surface area contributed by atoms with E-state index < -0.39 is 0 Å². The van der Waals surface area contributed by atoms with E-state index in [0.717, 1.165) is 24.8 Å². The predicted molar refractivity (Wildman–Crippen MR) is 100.0 cm³/mol. The highest BCUT2D eigenvalue weighted by Crippen LogP contribution is 2.14. The second-order valence-electron chi connectivity index (χ2n) is 6.18. The zero-order chi connectivity index (χ0) is 17.6. The Morgan fingerprint density at radius 2 is 1.88 bits per heavy atom. The topological polar surface area (TPSA) is 66.9 Å². The molecule has 0 radical (unpaired) electrons. The van der Waals surface area contributed by atoms with E-state index in [4.69, 9.17) is 0 Å². The first-order valence-corrected chi connectivity index (χ1v) is 8.74. The molecule has 0 bridgehead atoms. The van der Waals surface area contributed by atoms with Crippen LogP contribution in [0.25, 0.3) is 10.9 Å². The molecule has 1 amide bonds. The summed E-state index contributed by atoms with van der Waals surface area (Å²) in [6.07, 6.45) is 3.13. The van der Waals surface area contributed by atoms with Crippen molar-refractivity contribution in [3.05, 3.63) is 70.0 Å². The molecule has 0 spiro atoms. The third-order valence-corrected chi connectivity index (χ3v) is 4.27. The molecule has 25 heavy (non-hydrogen) atoms. The lowest BCUT2D eigenvalue weighted by Crippen LogP contribution is -2.26. The molecule has 0 saturated heterocycles. The van der Waals surface area contributed by atoms with E-state index in [1.165, 1.54) is 0 Å². The number of hydrogen-bond acceptors (Lipinski definition) is 2. The SMILES string of the molecule is CCCCCNC(=O)c1cccc2[nH]n(Cc3ccccc3)c(=O)c12. The fraction of sp³-hybridized carbons (Fsp3) is 0.300. The second kappa shape index (κ2) is 7.83. The Hall–Kier alpha value is -2.82. The van der Waals surface area contributed by atoms with Crippen LogP contribution in [0.4, 0.5) is 0 Å². The molecule has 5 nitrogen and oxygen atoms in total. The van der Waals surface area contributed by atoms with E-state index in [-0.39, 0.29) is 11.5 Å². The van der Waals surface area contributed by atoms with Gasteiger partial charge in [-0.2, -0.15) is 0 Å². The van der Waals surface area contributed by atoms with Crippen LogP contribution in [-0.4, -0.2) is 22.2 Å². The summed E-state index contributed by atoms with van der Waals surface area (Å²) in [5.74, 6) is -0.190. The molecule has 0 unspecified atom stereocenters. The second-order valence-corrected chi connectivity index (χ2v) is 6.18. The lowest BCUT2D eigenvalue weighted by Gasteiger charge is -2.05. The summed E-state index contributed by atoms with van der Waals surface area (Å²) in [6.45, 7) is 3.20. The van der Waals surface area contributed by atoms with Gasteiger partial charge < -0.3 is 5.32 Å². The molecule has 5 heteroatoms. The van der Waals surface area contributed by atoms with Crippen LogP contribution >= 0.6 is 0 Å². The first-order chi connectivity index (χ1) is 12.2. The van der Waals surface area contributed by atoms with Gasteiger partial charge in [0.25, 0.3) is 11.5 Å². The summed E-state index contributed by atoms with van der Waals surface area (Å²) >= 11 is 0. The van der Waals surface area contributed by atoms with Gasteiger partial charge in [0.15, 0.2) is 0 Å². The van der Waals surface area contributed by atoms with Crippen LogP contribution in [0.15, 0.2) is 53.3 Å². The number of aromatic nitrogens is 2. The minimum atomic E-state index is -0.190. The summed E-state index contributed by atoms with van der Waals surface area (Å²) in [7, 11) is 0. The maximum absolute atomic E-state index is 12.8. The molecule has 0 saturated carbocycles. The van der Waals surface area contributed by atoms with Crippen LogP contribution in [0.2, 0.25) is 0 Å². The van der Waals surface area contributed by atoms with Crippen LogP contribution in [-0.2, 0) is 6.54 Å². The Labute approximate surface area is 146 Å². The number of unbranched alkanes of at least 4 members (excludes halogenated alkanes) is 2. The molecule has 1 aromatic heterocycles. The lowest BCUT2D eigenvalue weighted by molar-refractivity contribution is 0.0954. The largest absolute Gasteiger partial charge is 0.352 e. The minimum Gasteiger partial charge on any atom is -0.352 e. The molecule has 0 aliphatic rings. The van der Waals surface area contributed by atoms with Crippen LogP contribution < -0.4 is 10.9 Å². The Balaban J connectivity index is 1.88. The van der Waals surface area contributed by atoms with Gasteiger partial charge in [0.2, 0.25) is 0 Å². The lowest BCUT2D eigenvalue weighted by atomic mass is 10.1. The quantitative estimate of drug-likeness (QED) is 0.650. The molecule has 0 fully saturated rings. The average Bonchev–Trinajstić information content (AvgIpc) is 2.95. The number of carbonyl (C=O) groups is 1. The smallest absolute Gasteiger partial charge is 0.275 e. The Bertz CT molecular complexity index is 910. The number of benzene rings is 2. The predicted octanol–water partition coefficient (Wildman–Crippen LogP) is 3.30. The fourth-order valence-electron chi connectivity index (χ4n) is 2.95. The average molecular weight is 337 g/mol. The van der Waals surface area contributed by atoms with Crippen molar-refractivity contribution >= 4 is 16.8 Å². The van der Waals surface area contributed by atoms with Crippen molar-refractivity contribution in [1.82, 2.24) is 15.1 Å². The summed E-state index contributed by atoms with van der Waals surface area (Å²) in [5, 5.41) is 6.47. The fourth-order valence-corrected chi connectivity index (χ4v) is 2.95. The number of amides is 1. The summed E-state index contributed by atoms with van der Waals surface area (Å²) in [4.78, 5) is 25.3. The van der Waals surface area contributed by atoms with E-state index in [2.05, 4.69) is 17.3 Å². The van der Waals surface area contributed by atoms with Crippen molar-refractivity contribution in [2.45, 2.75) is 32.7 Å². The molecular weight excluding hydrogens is 314 g/mol. The minimum absolute atomic E-state index is 0.168. The zero-order valence-electron chi connectivity index (χ0n) is 14.4.